The summed E-state index contributed by atoms with van der Waals surface area (Å²) < 4.78 is 16.4. The first-order chi connectivity index (χ1) is 5.74. The van der Waals surface area contributed by atoms with Crippen LogP contribution in [0.4, 0.5) is 0 Å². The summed E-state index contributed by atoms with van der Waals surface area (Å²) in [5, 5.41) is 0. The summed E-state index contributed by atoms with van der Waals surface area (Å²) in [6, 6.07) is 0. The van der Waals surface area contributed by atoms with E-state index in [0.717, 1.165) is 0 Å². The van der Waals surface area contributed by atoms with Crippen LogP contribution in [-0.2, 0) is 14.2 Å². The van der Waals surface area contributed by atoms with Gasteiger partial charge >= 0.3 is 0 Å². The Morgan fingerprint density at radius 3 is 1.42 bits per heavy atom. The average Bonchev–Trinajstić information content (AvgIpc) is 2.06. The number of rotatable bonds is 7. The third-order valence-corrected chi connectivity index (χ3v) is 3.00. The Morgan fingerprint density at radius 2 is 1.25 bits per heavy atom. The molecule has 0 saturated heterocycles. The number of hydrogen-bond acceptors (Lipinski definition) is 3. The maximum atomic E-state index is 5.48. The van der Waals surface area contributed by atoms with Gasteiger partial charge in [-0.15, -0.1) is 0 Å². The van der Waals surface area contributed by atoms with E-state index in [1.807, 2.05) is 20.8 Å². The molecule has 0 unspecified atom stereocenters. The molecule has 4 heteroatoms. The van der Waals surface area contributed by atoms with Crippen molar-refractivity contribution in [2.24, 2.45) is 0 Å². The van der Waals surface area contributed by atoms with Crippen LogP contribution in [0.5, 0.6) is 0 Å². The molecule has 0 saturated carbocycles. The van der Waals surface area contributed by atoms with Gasteiger partial charge in [0, 0.05) is 19.8 Å². The molecule has 0 radical (unpaired) electrons. The van der Waals surface area contributed by atoms with Crippen LogP contribution >= 0.6 is 0 Å². The average molecular weight is 192 g/mol. The fourth-order valence-corrected chi connectivity index (χ4v) is 2.32. The van der Waals surface area contributed by atoms with Gasteiger partial charge in [-0.1, -0.05) is 6.55 Å². The van der Waals surface area contributed by atoms with Gasteiger partial charge in [-0.25, -0.2) is 0 Å². The molecular weight excluding hydrogens is 172 g/mol. The first-order valence-electron chi connectivity index (χ1n) is 4.66. The first kappa shape index (κ1) is 12.1. The maximum Gasteiger partial charge on any atom is 0.248 e. The zero-order valence-electron chi connectivity index (χ0n) is 8.55. The van der Waals surface area contributed by atoms with Crippen LogP contribution in [0, 0.1) is 0 Å². The van der Waals surface area contributed by atoms with E-state index in [1.54, 1.807) is 0 Å². The van der Waals surface area contributed by atoms with Crippen LogP contribution in [-0.4, -0.2) is 34.9 Å². The Hall–Kier alpha value is 0.0969. The fraction of sp³-hybridized carbons (Fsp3) is 1.00. The molecule has 0 rings (SSSR count). The second kappa shape index (κ2) is 6.60. The minimum absolute atomic E-state index is 0.479. The largest absolute Gasteiger partial charge is 0.332 e. The molecule has 0 aromatic heterocycles. The highest BCUT2D eigenvalue weighted by molar-refractivity contribution is 6.36. The summed E-state index contributed by atoms with van der Waals surface area (Å²) in [6.07, 6.45) is 0. The van der Waals surface area contributed by atoms with Crippen molar-refractivity contribution >= 4 is 9.52 Å². The third kappa shape index (κ3) is 3.67. The molecule has 0 aromatic rings. The van der Waals surface area contributed by atoms with Gasteiger partial charge < -0.3 is 14.2 Å². The molecular formula is C8H20O3Si. The lowest BCUT2D eigenvalue weighted by molar-refractivity contribution is -0.322. The lowest BCUT2D eigenvalue weighted by atomic mass is 10.8. The van der Waals surface area contributed by atoms with E-state index in [2.05, 4.69) is 6.55 Å². The molecule has 0 heterocycles. The van der Waals surface area contributed by atoms with Crippen molar-refractivity contribution in [2.75, 3.05) is 19.8 Å². The van der Waals surface area contributed by atoms with Crippen molar-refractivity contribution < 1.29 is 14.2 Å². The second-order valence-corrected chi connectivity index (χ2v) is 3.91. The van der Waals surface area contributed by atoms with Crippen LogP contribution in [0.25, 0.3) is 0 Å². The van der Waals surface area contributed by atoms with Gasteiger partial charge in [-0.2, -0.15) is 0 Å². The molecule has 0 aromatic carbocycles. The van der Waals surface area contributed by atoms with E-state index in [4.69, 9.17) is 14.2 Å². The SMILES string of the molecule is CCOC(OCC)(OCC)[SiH2]C. The Labute approximate surface area is 77.2 Å². The predicted octanol–water partition coefficient (Wildman–Crippen LogP) is 0.924. The third-order valence-electron chi connectivity index (χ3n) is 1.53. The highest BCUT2D eigenvalue weighted by atomic mass is 28.2. The highest BCUT2D eigenvalue weighted by Crippen LogP contribution is 2.13. The van der Waals surface area contributed by atoms with E-state index >= 15 is 0 Å². The Bertz CT molecular complexity index is 91.5. The zero-order chi connectivity index (χ0) is 9.45. The molecule has 0 atom stereocenters. The van der Waals surface area contributed by atoms with Crippen LogP contribution in [0.15, 0.2) is 0 Å². The second-order valence-electron chi connectivity index (χ2n) is 2.34. The van der Waals surface area contributed by atoms with Gasteiger partial charge in [0.1, 0.15) is 9.52 Å². The fourth-order valence-electron chi connectivity index (χ4n) is 1.09. The van der Waals surface area contributed by atoms with E-state index in [9.17, 15) is 0 Å². The van der Waals surface area contributed by atoms with Gasteiger partial charge in [-0.3, -0.25) is 0 Å². The standard InChI is InChI=1S/C8H20O3Si/c1-5-9-8(12-4,10-6-2)11-7-3/h5-7,12H2,1-4H3. The van der Waals surface area contributed by atoms with Crippen molar-refractivity contribution in [2.45, 2.75) is 32.9 Å². The summed E-state index contributed by atoms with van der Waals surface area (Å²) in [7, 11) is -0.479. The lowest BCUT2D eigenvalue weighted by Crippen LogP contribution is -2.44. The maximum absolute atomic E-state index is 5.48. The van der Waals surface area contributed by atoms with Crippen LogP contribution in [0.3, 0.4) is 0 Å². The molecule has 0 spiro atoms. The summed E-state index contributed by atoms with van der Waals surface area (Å²) in [6.45, 7) is 9.91. The highest BCUT2D eigenvalue weighted by Gasteiger charge is 2.29. The van der Waals surface area contributed by atoms with Gasteiger partial charge in [0.25, 0.3) is 0 Å². The Morgan fingerprint density at radius 1 is 0.917 bits per heavy atom. The molecule has 12 heavy (non-hydrogen) atoms. The van der Waals surface area contributed by atoms with E-state index in [0.29, 0.717) is 19.8 Å². The summed E-state index contributed by atoms with van der Waals surface area (Å²) in [5.74, 6) is 0. The smallest absolute Gasteiger partial charge is 0.248 e. The summed E-state index contributed by atoms with van der Waals surface area (Å²) in [4.78, 5) is 0. The molecule has 3 nitrogen and oxygen atoms in total. The molecule has 0 amide bonds. The lowest BCUT2D eigenvalue weighted by Gasteiger charge is -2.31. The first-order valence-corrected chi connectivity index (χ1v) is 6.78. The normalized spacial score (nSPS) is 13.0. The van der Waals surface area contributed by atoms with Crippen LogP contribution in [0.1, 0.15) is 20.8 Å². The predicted molar refractivity (Wildman–Crippen MR) is 52.0 cm³/mol. The van der Waals surface area contributed by atoms with Crippen LogP contribution in [0.2, 0.25) is 6.55 Å². The Kier molecular flexibility index (Phi) is 6.65. The Balaban J connectivity index is 4.06. The van der Waals surface area contributed by atoms with Gasteiger partial charge in [0.05, 0.1) is 0 Å². The van der Waals surface area contributed by atoms with Gasteiger partial charge in [0.2, 0.25) is 5.60 Å². The molecule has 74 valence electrons. The summed E-state index contributed by atoms with van der Waals surface area (Å²) >= 11 is 0. The van der Waals surface area contributed by atoms with Gasteiger partial charge in [-0.05, 0) is 20.8 Å². The van der Waals surface area contributed by atoms with Crippen LogP contribution < -0.4 is 0 Å². The zero-order valence-corrected chi connectivity index (χ0v) is 9.97. The van der Waals surface area contributed by atoms with Crippen molar-refractivity contribution in [3.05, 3.63) is 0 Å². The van der Waals surface area contributed by atoms with E-state index in [1.165, 1.54) is 0 Å². The molecule has 0 aliphatic carbocycles. The van der Waals surface area contributed by atoms with Crippen molar-refractivity contribution in [3.8, 4) is 0 Å². The van der Waals surface area contributed by atoms with E-state index < -0.39 is 15.1 Å². The topological polar surface area (TPSA) is 27.7 Å². The van der Waals surface area contributed by atoms with Crippen molar-refractivity contribution in [1.29, 1.82) is 0 Å². The minimum Gasteiger partial charge on any atom is -0.332 e. The molecule has 0 N–H and O–H groups in total. The number of ether oxygens (including phenoxy) is 3. The molecule has 0 bridgehead atoms. The van der Waals surface area contributed by atoms with Gasteiger partial charge in [0.15, 0.2) is 0 Å². The van der Waals surface area contributed by atoms with Crippen molar-refractivity contribution in [1.82, 2.24) is 0 Å². The number of hydrogen-bond donors (Lipinski definition) is 0. The quantitative estimate of drug-likeness (QED) is 0.443. The van der Waals surface area contributed by atoms with Crippen molar-refractivity contribution in [3.63, 3.8) is 0 Å². The monoisotopic (exact) mass is 192 g/mol. The summed E-state index contributed by atoms with van der Waals surface area (Å²) in [5.41, 5.74) is -0.668. The van der Waals surface area contributed by atoms with E-state index in [-0.39, 0.29) is 0 Å². The molecule has 0 fully saturated rings. The molecule has 0 aliphatic rings. The molecule has 0 aliphatic heterocycles. The minimum atomic E-state index is -0.668.